The highest BCUT2D eigenvalue weighted by atomic mass is 16.4. The summed E-state index contributed by atoms with van der Waals surface area (Å²) < 4.78 is 5.85. The first-order chi connectivity index (χ1) is 13.4. The smallest absolute Gasteiger partial charge is 0.213 e. The van der Waals surface area contributed by atoms with Crippen LogP contribution < -0.4 is 10.6 Å². The van der Waals surface area contributed by atoms with E-state index in [9.17, 15) is 0 Å². The maximum atomic E-state index is 5.85. The zero-order chi connectivity index (χ0) is 20.6. The third kappa shape index (κ3) is 6.09. The van der Waals surface area contributed by atoms with Gasteiger partial charge in [0, 0.05) is 19.0 Å². The second-order valence-electron chi connectivity index (χ2n) is 7.82. The van der Waals surface area contributed by atoms with E-state index < -0.39 is 0 Å². The Morgan fingerprint density at radius 1 is 1.14 bits per heavy atom. The molecule has 1 aromatic carbocycles. The molecular formula is C22H35N5O. The van der Waals surface area contributed by atoms with E-state index in [1.807, 2.05) is 0 Å². The summed E-state index contributed by atoms with van der Waals surface area (Å²) in [4.78, 5) is 11.2. The molecule has 1 unspecified atom stereocenters. The number of nitrogens with zero attached hydrogens (tertiary/aromatic N) is 3. The molecule has 154 valence electrons. The van der Waals surface area contributed by atoms with Gasteiger partial charge in [0.05, 0.1) is 18.8 Å². The Morgan fingerprint density at radius 2 is 1.82 bits per heavy atom. The molecule has 2 rings (SSSR count). The third-order valence-electron chi connectivity index (χ3n) is 4.82. The Labute approximate surface area is 169 Å². The minimum atomic E-state index is -0.0438. The van der Waals surface area contributed by atoms with Gasteiger partial charge in [0.25, 0.3) is 0 Å². The largest absolute Gasteiger partial charge is 0.443 e. The summed E-state index contributed by atoms with van der Waals surface area (Å²) in [5.41, 5.74) is 1.26. The van der Waals surface area contributed by atoms with E-state index >= 15 is 0 Å². The molecule has 0 saturated carbocycles. The number of oxazole rings is 1. The average molecular weight is 386 g/mol. The van der Waals surface area contributed by atoms with Crippen molar-refractivity contribution >= 4 is 5.96 Å². The molecule has 0 aliphatic heterocycles. The maximum absolute atomic E-state index is 5.85. The zero-order valence-corrected chi connectivity index (χ0v) is 18.1. The van der Waals surface area contributed by atoms with Crippen LogP contribution in [0.4, 0.5) is 0 Å². The molecule has 0 radical (unpaired) electrons. The Bertz CT molecular complexity index is 729. The highest BCUT2D eigenvalue weighted by Gasteiger charge is 2.20. The summed E-state index contributed by atoms with van der Waals surface area (Å²) in [6, 6.07) is 10.9. The summed E-state index contributed by atoms with van der Waals surface area (Å²) in [6.07, 6.45) is 1.80. The monoisotopic (exact) mass is 385 g/mol. The van der Waals surface area contributed by atoms with Gasteiger partial charge in [-0.1, -0.05) is 65.0 Å². The lowest BCUT2D eigenvalue weighted by atomic mass is 9.94. The van der Waals surface area contributed by atoms with Gasteiger partial charge >= 0.3 is 0 Å². The Balaban J connectivity index is 1.98. The van der Waals surface area contributed by atoms with E-state index in [-0.39, 0.29) is 11.5 Å². The van der Waals surface area contributed by atoms with Crippen LogP contribution >= 0.6 is 0 Å². The van der Waals surface area contributed by atoms with Gasteiger partial charge < -0.3 is 15.1 Å². The lowest BCUT2D eigenvalue weighted by Gasteiger charge is -2.30. The van der Waals surface area contributed by atoms with E-state index in [0.717, 1.165) is 31.4 Å². The van der Waals surface area contributed by atoms with Gasteiger partial charge in [-0.25, -0.2) is 4.98 Å². The van der Waals surface area contributed by atoms with Crippen molar-refractivity contribution in [3.63, 3.8) is 0 Å². The topological polar surface area (TPSA) is 65.7 Å². The van der Waals surface area contributed by atoms with Crippen molar-refractivity contribution in [3.8, 4) is 0 Å². The quantitative estimate of drug-likeness (QED) is 0.535. The molecule has 6 heteroatoms. The van der Waals surface area contributed by atoms with Crippen LogP contribution in [0, 0.1) is 0 Å². The van der Waals surface area contributed by atoms with Crippen LogP contribution in [0.5, 0.6) is 0 Å². The molecule has 2 N–H and O–H groups in total. The summed E-state index contributed by atoms with van der Waals surface area (Å²) in [6.45, 7) is 14.0. The van der Waals surface area contributed by atoms with Crippen LogP contribution in [-0.2, 0) is 12.0 Å². The van der Waals surface area contributed by atoms with Crippen LogP contribution in [-0.4, -0.2) is 42.5 Å². The molecule has 0 fully saturated rings. The highest BCUT2D eigenvalue weighted by molar-refractivity contribution is 5.79. The number of rotatable bonds is 8. The number of guanidine groups is 1. The standard InChI is InChI=1S/C22H35N5O/c1-7-27(8-2)18(17-12-10-9-11-13-17)14-25-21(23-6)26-16-20-24-15-19(28-20)22(3,4)5/h9-13,15,18H,7-8,14,16H2,1-6H3,(H2,23,25,26). The molecule has 0 bridgehead atoms. The Kier molecular flexibility index (Phi) is 8.05. The van der Waals surface area contributed by atoms with Crippen LogP contribution in [0.2, 0.25) is 0 Å². The minimum absolute atomic E-state index is 0.0438. The van der Waals surface area contributed by atoms with Crippen molar-refractivity contribution in [2.24, 2.45) is 4.99 Å². The van der Waals surface area contributed by atoms with Crippen LogP contribution in [0.25, 0.3) is 0 Å². The molecule has 28 heavy (non-hydrogen) atoms. The molecule has 0 aliphatic carbocycles. The van der Waals surface area contributed by atoms with Crippen LogP contribution in [0.15, 0.2) is 45.9 Å². The number of hydrogen-bond donors (Lipinski definition) is 2. The van der Waals surface area contributed by atoms with Crippen molar-refractivity contribution in [3.05, 3.63) is 53.7 Å². The molecule has 0 spiro atoms. The van der Waals surface area contributed by atoms with Gasteiger partial charge in [-0.05, 0) is 18.7 Å². The van der Waals surface area contributed by atoms with E-state index in [1.165, 1.54) is 5.56 Å². The van der Waals surface area contributed by atoms with Gasteiger partial charge in [0.15, 0.2) is 5.96 Å². The molecule has 1 heterocycles. The summed E-state index contributed by atoms with van der Waals surface area (Å²) in [5.74, 6) is 2.29. The predicted octanol–water partition coefficient (Wildman–Crippen LogP) is 3.72. The summed E-state index contributed by atoms with van der Waals surface area (Å²) in [7, 11) is 1.78. The molecular weight excluding hydrogens is 350 g/mol. The van der Waals surface area contributed by atoms with Gasteiger partial charge in [-0.2, -0.15) is 0 Å². The molecule has 1 aromatic heterocycles. The fourth-order valence-electron chi connectivity index (χ4n) is 3.11. The van der Waals surface area contributed by atoms with E-state index in [0.29, 0.717) is 12.4 Å². The number of benzene rings is 1. The van der Waals surface area contributed by atoms with Gasteiger partial charge in [-0.15, -0.1) is 0 Å². The number of aliphatic imine (C=N–C) groups is 1. The fraction of sp³-hybridized carbons (Fsp3) is 0.545. The molecule has 6 nitrogen and oxygen atoms in total. The van der Waals surface area contributed by atoms with Crippen LogP contribution in [0.3, 0.4) is 0 Å². The van der Waals surface area contributed by atoms with Crippen molar-refractivity contribution in [2.75, 3.05) is 26.7 Å². The number of aromatic nitrogens is 1. The number of likely N-dealkylation sites (N-methyl/N-ethyl adjacent to an activating group) is 1. The van der Waals surface area contributed by atoms with Crippen molar-refractivity contribution in [1.82, 2.24) is 20.5 Å². The third-order valence-corrected chi connectivity index (χ3v) is 4.82. The van der Waals surface area contributed by atoms with E-state index in [2.05, 4.69) is 90.5 Å². The summed E-state index contributed by atoms with van der Waals surface area (Å²) >= 11 is 0. The normalized spacial score (nSPS) is 13.6. The summed E-state index contributed by atoms with van der Waals surface area (Å²) in [5, 5.41) is 6.75. The number of nitrogens with one attached hydrogen (secondary N) is 2. The zero-order valence-electron chi connectivity index (χ0n) is 18.1. The highest BCUT2D eigenvalue weighted by Crippen LogP contribution is 2.22. The molecule has 0 aliphatic rings. The van der Waals surface area contributed by atoms with Gasteiger partial charge in [0.1, 0.15) is 5.76 Å². The lowest BCUT2D eigenvalue weighted by Crippen LogP contribution is -2.43. The Morgan fingerprint density at radius 3 is 2.36 bits per heavy atom. The molecule has 2 aromatic rings. The first-order valence-electron chi connectivity index (χ1n) is 10.1. The first-order valence-corrected chi connectivity index (χ1v) is 10.1. The average Bonchev–Trinajstić information content (AvgIpc) is 3.17. The SMILES string of the molecule is CCN(CC)C(CNC(=NC)NCc1ncc(C(C)(C)C)o1)c1ccccc1. The lowest BCUT2D eigenvalue weighted by molar-refractivity contribution is 0.219. The van der Waals surface area contributed by atoms with Gasteiger partial charge in [-0.3, -0.25) is 9.89 Å². The number of hydrogen-bond acceptors (Lipinski definition) is 4. The van der Waals surface area contributed by atoms with Crippen LogP contribution in [0.1, 0.15) is 57.9 Å². The van der Waals surface area contributed by atoms with Gasteiger partial charge in [0.2, 0.25) is 5.89 Å². The van der Waals surface area contributed by atoms with E-state index in [1.54, 1.807) is 13.2 Å². The van der Waals surface area contributed by atoms with Crippen molar-refractivity contribution < 1.29 is 4.42 Å². The molecule has 0 amide bonds. The van der Waals surface area contributed by atoms with Crippen molar-refractivity contribution in [1.29, 1.82) is 0 Å². The molecule has 1 atom stereocenters. The van der Waals surface area contributed by atoms with Crippen molar-refractivity contribution in [2.45, 2.75) is 52.6 Å². The fourth-order valence-corrected chi connectivity index (χ4v) is 3.11. The second-order valence-corrected chi connectivity index (χ2v) is 7.82. The second kappa shape index (κ2) is 10.3. The minimum Gasteiger partial charge on any atom is -0.443 e. The van der Waals surface area contributed by atoms with E-state index in [4.69, 9.17) is 4.42 Å². The Hall–Kier alpha value is -2.34. The predicted molar refractivity (Wildman–Crippen MR) is 116 cm³/mol. The molecule has 0 saturated heterocycles. The first kappa shape index (κ1) is 22.0. The maximum Gasteiger partial charge on any atom is 0.213 e.